The summed E-state index contributed by atoms with van der Waals surface area (Å²) in [6.45, 7) is 0. The average Bonchev–Trinajstić information content (AvgIpc) is 2.76. The third-order valence-electron chi connectivity index (χ3n) is 2.78. The van der Waals surface area contributed by atoms with Crippen molar-refractivity contribution in [2.45, 2.75) is 24.8 Å². The van der Waals surface area contributed by atoms with Gasteiger partial charge in [-0.3, -0.25) is 0 Å². The minimum absolute atomic E-state index is 0.0762. The van der Waals surface area contributed by atoms with E-state index in [9.17, 15) is 13.2 Å². The molecule has 1 aromatic carbocycles. The molecule has 0 amide bonds. The van der Waals surface area contributed by atoms with Gasteiger partial charge in [0.05, 0.1) is 11.7 Å². The number of rotatable bonds is 0. The van der Waals surface area contributed by atoms with Crippen LogP contribution in [0.2, 0.25) is 0 Å². The van der Waals surface area contributed by atoms with E-state index >= 15 is 0 Å². The normalized spacial score (nSPS) is 28.5. The number of fused-ring (bicyclic) bond motifs is 3. The maximum atomic E-state index is 12.3. The lowest BCUT2D eigenvalue weighted by molar-refractivity contribution is -0.137. The maximum absolute atomic E-state index is 12.3. The van der Waals surface area contributed by atoms with Crippen molar-refractivity contribution < 1.29 is 17.9 Å². The monoisotopic (exact) mass is 200 g/mol. The fraction of sp³-hybridized carbons (Fsp3) is 0.400. The average molecular weight is 200 g/mol. The van der Waals surface area contributed by atoms with Gasteiger partial charge in [0.15, 0.2) is 0 Å². The third-order valence-corrected chi connectivity index (χ3v) is 2.78. The largest absolute Gasteiger partial charge is 0.416 e. The summed E-state index contributed by atoms with van der Waals surface area (Å²) >= 11 is 0. The van der Waals surface area contributed by atoms with E-state index in [-0.39, 0.29) is 12.2 Å². The van der Waals surface area contributed by atoms with Gasteiger partial charge in [0.1, 0.15) is 6.10 Å². The van der Waals surface area contributed by atoms with Crippen LogP contribution in [-0.2, 0) is 17.3 Å². The van der Waals surface area contributed by atoms with E-state index in [1.54, 1.807) is 0 Å². The molecule has 0 bridgehead atoms. The van der Waals surface area contributed by atoms with Crippen LogP contribution in [0.1, 0.15) is 22.8 Å². The summed E-state index contributed by atoms with van der Waals surface area (Å²) in [6, 6.07) is 3.91. The van der Waals surface area contributed by atoms with E-state index in [1.807, 2.05) is 0 Å². The summed E-state index contributed by atoms with van der Waals surface area (Å²) in [7, 11) is 0. The fourth-order valence-electron chi connectivity index (χ4n) is 2.02. The molecule has 0 saturated carbocycles. The first kappa shape index (κ1) is 8.29. The Morgan fingerprint density at radius 2 is 2.07 bits per heavy atom. The Balaban J connectivity index is 2.04. The van der Waals surface area contributed by atoms with Gasteiger partial charge in [0.2, 0.25) is 0 Å². The molecule has 1 nitrogen and oxygen atoms in total. The zero-order valence-electron chi connectivity index (χ0n) is 7.14. The molecule has 2 aliphatic rings. The molecule has 0 radical (unpaired) electrons. The van der Waals surface area contributed by atoms with Crippen LogP contribution in [0.4, 0.5) is 13.2 Å². The van der Waals surface area contributed by atoms with Crippen molar-refractivity contribution in [1.29, 1.82) is 0 Å². The number of alkyl halides is 3. The number of hydrogen-bond acceptors (Lipinski definition) is 1. The first-order chi connectivity index (χ1) is 6.55. The molecular formula is C10H7F3O. The Labute approximate surface area is 78.5 Å². The van der Waals surface area contributed by atoms with E-state index in [0.717, 1.165) is 17.2 Å². The van der Waals surface area contributed by atoms with E-state index in [0.29, 0.717) is 6.42 Å². The van der Waals surface area contributed by atoms with Gasteiger partial charge in [-0.1, -0.05) is 6.07 Å². The van der Waals surface area contributed by atoms with E-state index in [4.69, 9.17) is 4.74 Å². The Bertz CT molecular complexity index is 397. The molecule has 0 N–H and O–H groups in total. The molecule has 1 aliphatic carbocycles. The second kappa shape index (κ2) is 2.31. The van der Waals surface area contributed by atoms with Crippen molar-refractivity contribution in [3.8, 4) is 0 Å². The lowest BCUT2D eigenvalue weighted by Crippen LogP contribution is -2.06. The molecule has 0 aromatic heterocycles. The molecule has 1 saturated heterocycles. The molecule has 1 aromatic rings. The van der Waals surface area contributed by atoms with Crippen LogP contribution in [-0.4, -0.2) is 6.10 Å². The molecule has 74 valence electrons. The minimum Gasteiger partial charge on any atom is -0.364 e. The number of epoxide rings is 1. The molecule has 1 aliphatic heterocycles. The van der Waals surface area contributed by atoms with Crippen molar-refractivity contribution in [2.75, 3.05) is 0 Å². The highest BCUT2D eigenvalue weighted by atomic mass is 19.4. The molecule has 14 heavy (non-hydrogen) atoms. The van der Waals surface area contributed by atoms with E-state index in [1.165, 1.54) is 12.1 Å². The van der Waals surface area contributed by atoms with Crippen molar-refractivity contribution in [3.05, 3.63) is 34.9 Å². The van der Waals surface area contributed by atoms with Crippen molar-refractivity contribution in [2.24, 2.45) is 0 Å². The summed E-state index contributed by atoms with van der Waals surface area (Å²) in [5, 5.41) is 0. The van der Waals surface area contributed by atoms with Crippen LogP contribution in [0.25, 0.3) is 0 Å². The lowest BCUT2D eigenvalue weighted by atomic mass is 10.1. The summed E-state index contributed by atoms with van der Waals surface area (Å²) in [5.41, 5.74) is 1.17. The number of benzene rings is 1. The van der Waals surface area contributed by atoms with Crippen molar-refractivity contribution >= 4 is 0 Å². The SMILES string of the molecule is FC(F)(F)c1ccc2c(c1)C[C@H]1O[C@@H]21. The number of ether oxygens (including phenoxy) is 1. The van der Waals surface area contributed by atoms with Gasteiger partial charge in [-0.2, -0.15) is 13.2 Å². The first-order valence-electron chi connectivity index (χ1n) is 4.41. The van der Waals surface area contributed by atoms with Crippen molar-refractivity contribution in [1.82, 2.24) is 0 Å². The predicted molar refractivity (Wildman–Crippen MR) is 42.8 cm³/mol. The van der Waals surface area contributed by atoms with E-state index in [2.05, 4.69) is 0 Å². The smallest absolute Gasteiger partial charge is 0.364 e. The van der Waals surface area contributed by atoms with Gasteiger partial charge in [-0.15, -0.1) is 0 Å². The zero-order valence-corrected chi connectivity index (χ0v) is 7.14. The van der Waals surface area contributed by atoms with Gasteiger partial charge in [0, 0.05) is 6.42 Å². The Kier molecular flexibility index (Phi) is 1.37. The molecule has 2 atom stereocenters. The Morgan fingerprint density at radius 1 is 1.29 bits per heavy atom. The third kappa shape index (κ3) is 1.07. The highest BCUT2D eigenvalue weighted by molar-refractivity contribution is 5.42. The van der Waals surface area contributed by atoms with Crippen LogP contribution < -0.4 is 0 Å². The predicted octanol–water partition coefficient (Wildman–Crippen LogP) is 2.70. The van der Waals surface area contributed by atoms with Crippen LogP contribution in [0, 0.1) is 0 Å². The minimum atomic E-state index is -4.23. The summed E-state index contributed by atoms with van der Waals surface area (Å²) in [4.78, 5) is 0. The topological polar surface area (TPSA) is 12.5 Å². The van der Waals surface area contributed by atoms with Gasteiger partial charge < -0.3 is 4.74 Å². The van der Waals surface area contributed by atoms with Crippen molar-refractivity contribution in [3.63, 3.8) is 0 Å². The summed E-state index contributed by atoms with van der Waals surface area (Å²) in [5.74, 6) is 0. The van der Waals surface area contributed by atoms with Crippen LogP contribution in [0.3, 0.4) is 0 Å². The van der Waals surface area contributed by atoms with Crippen LogP contribution in [0.15, 0.2) is 18.2 Å². The molecule has 0 spiro atoms. The Morgan fingerprint density at radius 3 is 2.79 bits per heavy atom. The number of halogens is 3. The highest BCUT2D eigenvalue weighted by Gasteiger charge is 2.47. The summed E-state index contributed by atoms with van der Waals surface area (Å²) < 4.78 is 42.2. The lowest BCUT2D eigenvalue weighted by Gasteiger charge is -2.09. The first-order valence-corrected chi connectivity index (χ1v) is 4.41. The van der Waals surface area contributed by atoms with Crippen LogP contribution >= 0.6 is 0 Å². The Hall–Kier alpha value is -1.03. The second-order valence-electron chi connectivity index (χ2n) is 3.71. The molecule has 0 unspecified atom stereocenters. The molecule has 3 rings (SSSR count). The quantitative estimate of drug-likeness (QED) is 0.586. The molecule has 1 fully saturated rings. The fourth-order valence-corrected chi connectivity index (χ4v) is 2.02. The standard InChI is InChI=1S/C10H7F3O/c11-10(12,13)6-1-2-7-5(3-6)4-8-9(7)14-8/h1-3,8-9H,4H2/t8-,9+/m1/s1. The van der Waals surface area contributed by atoms with Gasteiger partial charge in [0.25, 0.3) is 0 Å². The number of hydrogen-bond donors (Lipinski definition) is 0. The van der Waals surface area contributed by atoms with Crippen LogP contribution in [0.5, 0.6) is 0 Å². The van der Waals surface area contributed by atoms with Gasteiger partial charge in [-0.25, -0.2) is 0 Å². The molecule has 1 heterocycles. The maximum Gasteiger partial charge on any atom is 0.416 e. The van der Waals surface area contributed by atoms with Gasteiger partial charge >= 0.3 is 6.18 Å². The van der Waals surface area contributed by atoms with Gasteiger partial charge in [-0.05, 0) is 23.3 Å². The molecule has 4 heteroatoms. The highest BCUT2D eigenvalue weighted by Crippen LogP contribution is 2.49. The second-order valence-corrected chi connectivity index (χ2v) is 3.71. The zero-order chi connectivity index (χ0) is 9.92. The molecular weight excluding hydrogens is 193 g/mol. The summed E-state index contributed by atoms with van der Waals surface area (Å²) in [6.07, 6.45) is -3.38. The van der Waals surface area contributed by atoms with E-state index < -0.39 is 11.7 Å².